The third-order valence-corrected chi connectivity index (χ3v) is 22.2. The minimum Gasteiger partial charge on any atom is -0.504 e. The van der Waals surface area contributed by atoms with Gasteiger partial charge in [-0.1, -0.05) is 114 Å². The predicted molar refractivity (Wildman–Crippen MR) is 398 cm³/mol. The number of carbonyl (C=O) groups is 8. The topological polar surface area (TPSA) is 452 Å². The number of hydrogen-bond donors (Lipinski definition) is 15. The first-order valence-electron chi connectivity index (χ1n) is 37.3. The number of fused-ring (bicyclic) bond motifs is 5. The number of ether oxygens (including phenoxy) is 1. The van der Waals surface area contributed by atoms with Crippen molar-refractivity contribution in [2.75, 3.05) is 77.1 Å². The van der Waals surface area contributed by atoms with Gasteiger partial charge < -0.3 is 101 Å². The Labute approximate surface area is 639 Å². The van der Waals surface area contributed by atoms with E-state index in [1.807, 2.05) is 60.7 Å². The summed E-state index contributed by atoms with van der Waals surface area (Å²) >= 11 is 0.0531. The van der Waals surface area contributed by atoms with E-state index in [9.17, 15) is 69.9 Å². The molecule has 32 nitrogen and oxygen atoms in total. The van der Waals surface area contributed by atoms with E-state index in [0.717, 1.165) is 105 Å². The molecule has 110 heavy (non-hydrogen) atoms. The van der Waals surface area contributed by atoms with Crippen molar-refractivity contribution in [1.82, 2.24) is 46.2 Å². The number of hydrogen-bond acceptors (Lipinski definition) is 25. The van der Waals surface area contributed by atoms with E-state index in [0.29, 0.717) is 6.04 Å². The molecule has 0 bridgehead atoms. The summed E-state index contributed by atoms with van der Waals surface area (Å²) < 4.78 is 15.4. The highest BCUT2D eigenvalue weighted by molar-refractivity contribution is 7.90. The van der Waals surface area contributed by atoms with Crippen LogP contribution in [0.5, 0.6) is 11.5 Å². The molecule has 0 radical (unpaired) electrons. The van der Waals surface area contributed by atoms with Crippen LogP contribution in [0.2, 0.25) is 0 Å². The Hall–Kier alpha value is -9.07. The molecule has 8 amide bonds. The molecule has 4 aliphatic heterocycles. The van der Waals surface area contributed by atoms with Crippen LogP contribution in [0.4, 0.5) is 10.5 Å². The zero-order valence-corrected chi connectivity index (χ0v) is 61.9. The molecule has 5 aromatic rings. The number of phenolic OH excluding ortho intramolecular Hbond substituents is 1. The third-order valence-electron chi connectivity index (χ3n) is 21.8. The Balaban J connectivity index is 0.878. The van der Waals surface area contributed by atoms with Gasteiger partial charge >= 0.3 is 6.09 Å². The molecule has 4 heterocycles. The van der Waals surface area contributed by atoms with Gasteiger partial charge in [-0.15, -0.1) is 0 Å². The summed E-state index contributed by atoms with van der Waals surface area (Å²) in [6, 6.07) is 20.5. The van der Waals surface area contributed by atoms with Crippen molar-refractivity contribution < 1.29 is 108 Å². The van der Waals surface area contributed by atoms with Crippen LogP contribution in [0.25, 0.3) is 22.3 Å². The van der Waals surface area contributed by atoms with E-state index >= 15 is 14.4 Å². The van der Waals surface area contributed by atoms with E-state index in [2.05, 4.69) is 57.9 Å². The van der Waals surface area contributed by atoms with Gasteiger partial charge in [-0.3, -0.25) is 38.5 Å². The van der Waals surface area contributed by atoms with E-state index in [1.165, 1.54) is 57.2 Å². The number of aliphatic hydroxyl groups is 8. The second kappa shape index (κ2) is 37.8. The zero-order valence-electron chi connectivity index (χ0n) is 61.1. The lowest BCUT2D eigenvalue weighted by Crippen LogP contribution is -2.64. The molecule has 0 spiro atoms. The van der Waals surface area contributed by atoms with Crippen molar-refractivity contribution >= 4 is 65.5 Å². The first-order chi connectivity index (χ1) is 52.9. The minimum absolute atomic E-state index is 0.0531. The van der Waals surface area contributed by atoms with E-state index in [1.54, 1.807) is 12.1 Å². The Bertz CT molecular complexity index is 3980. The van der Waals surface area contributed by atoms with Crippen LogP contribution in [-0.2, 0) is 49.3 Å². The van der Waals surface area contributed by atoms with Crippen molar-refractivity contribution in [2.24, 2.45) is 5.92 Å². The van der Waals surface area contributed by atoms with Crippen LogP contribution >= 0.6 is 12.3 Å². The van der Waals surface area contributed by atoms with Gasteiger partial charge in [0.15, 0.2) is 11.5 Å². The highest BCUT2D eigenvalue weighted by Gasteiger charge is 2.50. The number of carbonyl (C=O) groups excluding carboxylic acids is 8. The molecule has 11 rings (SSSR count). The normalized spacial score (nSPS) is 25.1. The molecule has 15 N–H and O–H groups in total. The summed E-state index contributed by atoms with van der Waals surface area (Å²) in [5.41, 5.74) is 6.38. The Kier molecular flexibility index (Phi) is 28.1. The maximum Gasteiger partial charge on any atom is 0.410 e. The first kappa shape index (κ1) is 81.9. The van der Waals surface area contributed by atoms with Crippen molar-refractivity contribution in [3.05, 3.63) is 138 Å². The molecule has 0 unspecified atom stereocenters. The maximum absolute atomic E-state index is 15.6. The SMILES string of the molecule is C[C@@H](O)[C@@H]1NC(=O)[C@@H](NC(=O)c2ccc(-c3ccc(N4CCCN(C5CCCCC5)CC4)cc3)cc2)C[C@@H](O)CNC(=O)[C@@H]2[C@@H](O)[C@@H](C)CN2C(=O)[C@H]([C@H](O)CCN(C(=O)OCC2c3ccccc3-c3ccccc32)C(CO)CO)NC(=O)[C@H]([C@H](O)Cc2ccc(O)c(OSOOO)c2)NC(=O)[C@@H]2C[C@@H](O)CN2C1=O. The Morgan fingerprint density at radius 1 is 0.682 bits per heavy atom. The number of amides is 8. The minimum atomic E-state index is -2.26. The summed E-state index contributed by atoms with van der Waals surface area (Å²) in [5, 5.41) is 127. The number of aliphatic hydroxyl groups excluding tert-OH is 8. The van der Waals surface area contributed by atoms with Gasteiger partial charge in [-0.2, -0.15) is 0 Å². The molecule has 33 heteroatoms. The van der Waals surface area contributed by atoms with Crippen molar-refractivity contribution in [3.8, 4) is 33.8 Å². The van der Waals surface area contributed by atoms with E-state index in [4.69, 9.17) is 14.2 Å². The molecule has 1 saturated carbocycles. The van der Waals surface area contributed by atoms with Gasteiger partial charge in [-0.05, 0) is 108 Å². The lowest BCUT2D eigenvalue weighted by Gasteiger charge is -2.35. The highest BCUT2D eigenvalue weighted by Crippen LogP contribution is 2.45. The number of nitrogens with one attached hydrogen (secondary N) is 5. The van der Waals surface area contributed by atoms with Gasteiger partial charge in [0.05, 0.1) is 55.9 Å². The monoisotopic (exact) mass is 1550 g/mol. The molecule has 6 aliphatic rings. The summed E-state index contributed by atoms with van der Waals surface area (Å²) in [7, 11) is 0. The second-order valence-corrected chi connectivity index (χ2v) is 29.6. The average Bonchev–Trinajstić information content (AvgIpc) is 1.61. The fourth-order valence-corrected chi connectivity index (χ4v) is 16.1. The second-order valence-electron chi connectivity index (χ2n) is 29.2. The quantitative estimate of drug-likeness (QED) is 0.0200. The maximum atomic E-state index is 15.6. The molecule has 13 atom stereocenters. The number of β-amino-alcohol motifs (C(OH)–C–C–N with tert-alkyl or cyclic N) is 1. The number of rotatable bonds is 22. The molecular weight excluding hydrogens is 1450 g/mol. The fraction of sp³-hybridized carbons (Fsp3) is 0.506. The Morgan fingerprint density at radius 2 is 1.33 bits per heavy atom. The zero-order chi connectivity index (χ0) is 78.4. The van der Waals surface area contributed by atoms with Gasteiger partial charge in [0.25, 0.3) is 18.2 Å². The lowest BCUT2D eigenvalue weighted by atomic mass is 9.94. The number of aromatic hydroxyl groups is 1. The lowest BCUT2D eigenvalue weighted by molar-refractivity contribution is -0.433. The van der Waals surface area contributed by atoms with Crippen LogP contribution in [0, 0.1) is 5.92 Å². The molecule has 4 saturated heterocycles. The number of anilines is 1. The van der Waals surface area contributed by atoms with Gasteiger partial charge in [0, 0.05) is 101 Å². The molecule has 594 valence electrons. The van der Waals surface area contributed by atoms with Crippen molar-refractivity contribution in [1.29, 1.82) is 0 Å². The molecule has 5 fully saturated rings. The summed E-state index contributed by atoms with van der Waals surface area (Å²) in [6.45, 7) is 2.20. The fourth-order valence-electron chi connectivity index (χ4n) is 15.8. The van der Waals surface area contributed by atoms with Gasteiger partial charge in [-0.25, -0.2) is 10.1 Å². The number of nitrogens with zero attached hydrogens (tertiary/aromatic N) is 5. The van der Waals surface area contributed by atoms with Crippen LogP contribution < -0.4 is 35.7 Å². The summed E-state index contributed by atoms with van der Waals surface area (Å²) in [4.78, 5) is 127. The smallest absolute Gasteiger partial charge is 0.410 e. The number of phenols is 1. The predicted octanol–water partition coefficient (Wildman–Crippen LogP) is 1.21. The van der Waals surface area contributed by atoms with Crippen LogP contribution in [0.3, 0.4) is 0 Å². The van der Waals surface area contributed by atoms with Crippen molar-refractivity contribution in [3.63, 3.8) is 0 Å². The van der Waals surface area contributed by atoms with E-state index < -0.39 is 209 Å². The largest absolute Gasteiger partial charge is 0.504 e. The first-order valence-corrected chi connectivity index (χ1v) is 38.0. The van der Waals surface area contributed by atoms with Gasteiger partial charge in [0.1, 0.15) is 42.9 Å². The van der Waals surface area contributed by atoms with E-state index in [-0.39, 0.29) is 35.8 Å². The van der Waals surface area contributed by atoms with Gasteiger partial charge in [0.2, 0.25) is 35.4 Å². The van der Waals surface area contributed by atoms with Crippen LogP contribution in [0.1, 0.15) is 105 Å². The van der Waals surface area contributed by atoms with Crippen LogP contribution in [-0.4, -0.2) is 275 Å². The van der Waals surface area contributed by atoms with Crippen LogP contribution in [0.15, 0.2) is 115 Å². The average molecular weight is 1550 g/mol. The standard InChI is InChI=1S/C77H98N10O22S/c1-43-38-87-68(69(43)96)74(101)78-37-52(91)35-59(79-70(97)48-20-18-46(19-21-48)47-22-24-50(25-23-47)84-29-10-28-83(31-32-84)49-11-4-3-5-12-49)71(98)80-65(44(2)90)75(102)86-39-53(92)36-60(86)72(99)81-66(63(95)33-45-17-26-61(93)64(34-45)107-110-109-108-105)73(100)82-67(76(87)103)62(94)27-30-85(51(40-88)41-89)77(104)106-42-58-56-15-8-6-13-54(56)55-14-7-9-16-57(55)58/h6-9,13-26,34,43-44,49,51-53,58-60,62-63,65-69,88-96,105H,3-5,10-12,27-33,35-42H2,1-2H3,(H,78,101)(H,79,97)(H,80,98)(H,81,99)(H,82,100)/t43-,44+,52+,53+,59-,60-,62+,63+,65-,66-,67-,68-,69-/m0/s1. The van der Waals surface area contributed by atoms with Crippen molar-refractivity contribution in [2.45, 2.75) is 169 Å². The highest BCUT2D eigenvalue weighted by atomic mass is 32.2. The summed E-state index contributed by atoms with van der Waals surface area (Å²) in [5.74, 6) is -10.4. The Morgan fingerprint density at radius 3 is 1.99 bits per heavy atom. The molecule has 5 aromatic carbocycles. The third kappa shape index (κ3) is 19.4. The summed E-state index contributed by atoms with van der Waals surface area (Å²) in [6.07, 6.45) is -7.24. The number of benzene rings is 5. The molecule has 0 aromatic heterocycles. The molecular formula is C77H98N10O22S. The molecule has 2 aliphatic carbocycles.